The van der Waals surface area contributed by atoms with E-state index in [9.17, 15) is 0 Å². The minimum Gasteiger partial charge on any atom is -0.493 e. The van der Waals surface area contributed by atoms with Gasteiger partial charge in [-0.2, -0.15) is 0 Å². The van der Waals surface area contributed by atoms with Gasteiger partial charge in [0.1, 0.15) is 5.75 Å². The van der Waals surface area contributed by atoms with Crippen LogP contribution in [0, 0.1) is 3.57 Å². The highest BCUT2D eigenvalue weighted by atomic mass is 127. The zero-order valence-electron chi connectivity index (χ0n) is 11.8. The largest absolute Gasteiger partial charge is 0.493 e. The number of benzene rings is 2. The van der Waals surface area contributed by atoms with E-state index in [2.05, 4.69) is 87.2 Å². The second kappa shape index (κ2) is 6.67. The summed E-state index contributed by atoms with van der Waals surface area (Å²) >= 11 is 6.06. The fraction of sp³-hybridized carbons (Fsp3) is 0.294. The van der Waals surface area contributed by atoms with Gasteiger partial charge in [0.2, 0.25) is 0 Å². The topological polar surface area (TPSA) is 21.3 Å². The molecule has 0 amide bonds. The monoisotopic (exact) mass is 457 g/mol. The Morgan fingerprint density at radius 2 is 2.14 bits per heavy atom. The van der Waals surface area contributed by atoms with Crippen molar-refractivity contribution in [3.8, 4) is 5.75 Å². The maximum atomic E-state index is 5.89. The van der Waals surface area contributed by atoms with E-state index in [1.165, 1.54) is 20.3 Å². The van der Waals surface area contributed by atoms with Gasteiger partial charge in [0, 0.05) is 20.0 Å². The van der Waals surface area contributed by atoms with Gasteiger partial charge < -0.3 is 10.1 Å². The molecule has 0 saturated heterocycles. The molecule has 0 saturated carbocycles. The number of para-hydroxylation sites is 1. The Morgan fingerprint density at radius 3 is 2.95 bits per heavy atom. The molecule has 1 heterocycles. The van der Waals surface area contributed by atoms with Crippen LogP contribution in [-0.4, -0.2) is 13.2 Å². The number of rotatable bonds is 4. The molecule has 1 aliphatic heterocycles. The molecule has 2 aromatic rings. The molecule has 1 atom stereocenters. The van der Waals surface area contributed by atoms with E-state index >= 15 is 0 Å². The first-order valence-corrected chi connectivity index (χ1v) is 9.00. The maximum absolute atomic E-state index is 5.89. The molecule has 4 heteroatoms. The molecule has 1 N–H and O–H groups in total. The summed E-state index contributed by atoms with van der Waals surface area (Å²) in [6, 6.07) is 13.1. The van der Waals surface area contributed by atoms with Crippen LogP contribution < -0.4 is 10.1 Å². The first-order valence-electron chi connectivity index (χ1n) is 7.13. The minimum atomic E-state index is 0.146. The van der Waals surface area contributed by atoms with Gasteiger partial charge in [-0.15, -0.1) is 0 Å². The molecule has 0 fully saturated rings. The molecule has 1 unspecified atom stereocenters. The van der Waals surface area contributed by atoms with Crippen LogP contribution in [0.25, 0.3) is 0 Å². The number of halogens is 2. The van der Waals surface area contributed by atoms with Crippen molar-refractivity contribution in [1.29, 1.82) is 0 Å². The average Bonchev–Trinajstić information content (AvgIpc) is 2.96. The standard InChI is InChI=1S/C17H17BrINO/c1-2-20-16(14-10-12(19)6-7-15(14)18)13-5-3-4-11-8-9-21-17(11)13/h3-7,10,16,20H,2,8-9H2,1H3. The molecule has 1 aliphatic rings. The van der Waals surface area contributed by atoms with Crippen LogP contribution >= 0.6 is 38.5 Å². The molecule has 0 radical (unpaired) electrons. The summed E-state index contributed by atoms with van der Waals surface area (Å²) < 4.78 is 8.26. The van der Waals surface area contributed by atoms with Crippen molar-refractivity contribution < 1.29 is 4.74 Å². The van der Waals surface area contributed by atoms with Crippen molar-refractivity contribution >= 4 is 38.5 Å². The van der Waals surface area contributed by atoms with Gasteiger partial charge in [0.15, 0.2) is 0 Å². The number of nitrogens with one attached hydrogen (secondary N) is 1. The molecule has 0 bridgehead atoms. The zero-order chi connectivity index (χ0) is 14.8. The summed E-state index contributed by atoms with van der Waals surface area (Å²) in [4.78, 5) is 0. The fourth-order valence-corrected chi connectivity index (χ4v) is 3.79. The smallest absolute Gasteiger partial charge is 0.127 e. The number of ether oxygens (including phenoxy) is 1. The molecule has 0 spiro atoms. The van der Waals surface area contributed by atoms with Crippen LogP contribution in [-0.2, 0) is 6.42 Å². The van der Waals surface area contributed by atoms with E-state index in [-0.39, 0.29) is 6.04 Å². The molecular weight excluding hydrogens is 441 g/mol. The summed E-state index contributed by atoms with van der Waals surface area (Å²) in [6.45, 7) is 3.84. The van der Waals surface area contributed by atoms with Gasteiger partial charge in [0.25, 0.3) is 0 Å². The summed E-state index contributed by atoms with van der Waals surface area (Å²) in [5, 5.41) is 3.60. The molecule has 21 heavy (non-hydrogen) atoms. The Labute approximate surface area is 147 Å². The second-order valence-electron chi connectivity index (χ2n) is 5.09. The lowest BCUT2D eigenvalue weighted by atomic mass is 9.96. The highest BCUT2D eigenvalue weighted by Crippen LogP contribution is 2.38. The van der Waals surface area contributed by atoms with E-state index in [1.807, 2.05) is 0 Å². The average molecular weight is 458 g/mol. The summed E-state index contributed by atoms with van der Waals surface area (Å²) in [7, 11) is 0. The van der Waals surface area contributed by atoms with Gasteiger partial charge in [-0.25, -0.2) is 0 Å². The number of hydrogen-bond donors (Lipinski definition) is 1. The van der Waals surface area contributed by atoms with E-state index in [0.717, 1.165) is 29.8 Å². The summed E-state index contributed by atoms with van der Waals surface area (Å²) in [6.07, 6.45) is 1.01. The lowest BCUT2D eigenvalue weighted by Gasteiger charge is -2.22. The van der Waals surface area contributed by atoms with E-state index in [4.69, 9.17) is 4.74 Å². The van der Waals surface area contributed by atoms with Crippen LogP contribution in [0.4, 0.5) is 0 Å². The van der Waals surface area contributed by atoms with Crippen molar-refractivity contribution in [2.75, 3.05) is 13.2 Å². The molecule has 0 aliphatic carbocycles. The van der Waals surface area contributed by atoms with E-state index < -0.39 is 0 Å². The van der Waals surface area contributed by atoms with Crippen molar-refractivity contribution in [2.45, 2.75) is 19.4 Å². The molecule has 2 aromatic carbocycles. The van der Waals surface area contributed by atoms with Crippen LogP contribution in [0.1, 0.15) is 29.7 Å². The highest BCUT2D eigenvalue weighted by Gasteiger charge is 2.24. The molecular formula is C17H17BrINO. The van der Waals surface area contributed by atoms with Gasteiger partial charge >= 0.3 is 0 Å². The molecule has 110 valence electrons. The summed E-state index contributed by atoms with van der Waals surface area (Å²) in [5.74, 6) is 1.06. The minimum absolute atomic E-state index is 0.146. The Hall–Kier alpha value is -0.590. The fourth-order valence-electron chi connectivity index (χ4n) is 2.80. The molecule has 0 aromatic heterocycles. The van der Waals surface area contributed by atoms with Gasteiger partial charge in [-0.05, 0) is 58.5 Å². The Kier molecular flexibility index (Phi) is 4.86. The SMILES string of the molecule is CCNC(c1cc(I)ccc1Br)c1cccc2c1OCC2. The third-order valence-corrected chi connectivity index (χ3v) is 5.13. The van der Waals surface area contributed by atoms with Crippen LogP contribution in [0.2, 0.25) is 0 Å². The Bertz CT molecular complexity index is 659. The predicted octanol–water partition coefficient (Wildman–Crippen LogP) is 4.69. The van der Waals surface area contributed by atoms with Crippen LogP contribution in [0.3, 0.4) is 0 Å². The highest BCUT2D eigenvalue weighted by molar-refractivity contribution is 14.1. The number of fused-ring (bicyclic) bond motifs is 1. The molecule has 2 nitrogen and oxygen atoms in total. The van der Waals surface area contributed by atoms with E-state index in [0.29, 0.717) is 0 Å². The lowest BCUT2D eigenvalue weighted by Crippen LogP contribution is -2.23. The van der Waals surface area contributed by atoms with Crippen molar-refractivity contribution in [2.24, 2.45) is 0 Å². The normalized spacial score (nSPS) is 14.6. The summed E-state index contributed by atoms with van der Waals surface area (Å²) in [5.41, 5.74) is 3.80. The van der Waals surface area contributed by atoms with Crippen LogP contribution in [0.5, 0.6) is 5.75 Å². The zero-order valence-corrected chi connectivity index (χ0v) is 15.6. The first kappa shape index (κ1) is 15.3. The van der Waals surface area contributed by atoms with Gasteiger partial charge in [-0.1, -0.05) is 41.1 Å². The lowest BCUT2D eigenvalue weighted by molar-refractivity contribution is 0.350. The first-order chi connectivity index (χ1) is 10.2. The van der Waals surface area contributed by atoms with Crippen molar-refractivity contribution in [1.82, 2.24) is 5.32 Å². The predicted molar refractivity (Wildman–Crippen MR) is 98.0 cm³/mol. The van der Waals surface area contributed by atoms with Crippen LogP contribution in [0.15, 0.2) is 40.9 Å². The Morgan fingerprint density at radius 1 is 1.29 bits per heavy atom. The van der Waals surface area contributed by atoms with Crippen molar-refractivity contribution in [3.63, 3.8) is 0 Å². The quantitative estimate of drug-likeness (QED) is 0.672. The van der Waals surface area contributed by atoms with Gasteiger partial charge in [0.05, 0.1) is 12.6 Å². The molecule has 3 rings (SSSR count). The Balaban J connectivity index is 2.10. The second-order valence-corrected chi connectivity index (χ2v) is 7.19. The van der Waals surface area contributed by atoms with Crippen molar-refractivity contribution in [3.05, 3.63) is 61.1 Å². The van der Waals surface area contributed by atoms with Gasteiger partial charge in [-0.3, -0.25) is 0 Å². The third kappa shape index (κ3) is 3.12. The maximum Gasteiger partial charge on any atom is 0.127 e. The third-order valence-electron chi connectivity index (χ3n) is 3.73. The van der Waals surface area contributed by atoms with E-state index in [1.54, 1.807) is 0 Å². The number of hydrogen-bond acceptors (Lipinski definition) is 2.